The Morgan fingerprint density at radius 1 is 1.21 bits per heavy atom. The lowest BCUT2D eigenvalue weighted by atomic mass is 10.1. The molecule has 1 atom stereocenters. The van der Waals surface area contributed by atoms with E-state index in [1.54, 1.807) is 13.0 Å². The predicted molar refractivity (Wildman–Crippen MR) is 49.7 cm³/mol. The first-order valence-corrected chi connectivity index (χ1v) is 4.49. The topological polar surface area (TPSA) is 58.9 Å². The van der Waals surface area contributed by atoms with Gasteiger partial charge in [-0.2, -0.15) is 0 Å². The number of aliphatic hydroxyl groups excluding tert-OH is 1. The number of benzene rings is 1. The van der Waals surface area contributed by atoms with E-state index in [1.165, 1.54) is 6.07 Å². The molecule has 1 aliphatic heterocycles. The molecule has 0 radical (unpaired) electrons. The molecule has 0 bridgehead atoms. The minimum atomic E-state index is -0.717. The van der Waals surface area contributed by atoms with Crippen LogP contribution in [0.1, 0.15) is 18.6 Å². The van der Waals surface area contributed by atoms with Crippen LogP contribution in [0.25, 0.3) is 0 Å². The van der Waals surface area contributed by atoms with E-state index in [0.717, 1.165) is 0 Å². The van der Waals surface area contributed by atoms with Crippen molar-refractivity contribution in [3.8, 4) is 17.2 Å². The summed E-state index contributed by atoms with van der Waals surface area (Å²) in [7, 11) is 0. The second-order valence-electron chi connectivity index (χ2n) is 3.23. The summed E-state index contributed by atoms with van der Waals surface area (Å²) in [5.74, 6) is 1.13. The summed E-state index contributed by atoms with van der Waals surface area (Å²) in [5.41, 5.74) is 0.453. The van der Waals surface area contributed by atoms with Crippen LogP contribution < -0.4 is 9.47 Å². The molecular weight excluding hydrogens is 184 g/mol. The van der Waals surface area contributed by atoms with Gasteiger partial charge in [-0.25, -0.2) is 0 Å². The van der Waals surface area contributed by atoms with Gasteiger partial charge in [0.2, 0.25) is 0 Å². The van der Waals surface area contributed by atoms with Gasteiger partial charge in [0.25, 0.3) is 0 Å². The average molecular weight is 196 g/mol. The lowest BCUT2D eigenvalue weighted by Crippen LogP contribution is -2.15. The zero-order valence-corrected chi connectivity index (χ0v) is 7.86. The normalized spacial score (nSPS) is 16.4. The van der Waals surface area contributed by atoms with Gasteiger partial charge in [-0.15, -0.1) is 0 Å². The summed E-state index contributed by atoms with van der Waals surface area (Å²) in [6.45, 7) is 2.57. The smallest absolute Gasteiger partial charge is 0.165 e. The maximum absolute atomic E-state index is 9.54. The zero-order chi connectivity index (χ0) is 10.1. The van der Waals surface area contributed by atoms with E-state index in [0.29, 0.717) is 30.3 Å². The number of hydrogen-bond acceptors (Lipinski definition) is 4. The van der Waals surface area contributed by atoms with E-state index in [4.69, 9.17) is 9.47 Å². The van der Waals surface area contributed by atoms with Gasteiger partial charge in [0.15, 0.2) is 11.5 Å². The maximum Gasteiger partial charge on any atom is 0.165 e. The van der Waals surface area contributed by atoms with Crippen LogP contribution in [-0.2, 0) is 0 Å². The van der Waals surface area contributed by atoms with Crippen LogP contribution in [0.3, 0.4) is 0 Å². The van der Waals surface area contributed by atoms with E-state index in [1.807, 2.05) is 0 Å². The molecule has 0 fully saturated rings. The van der Waals surface area contributed by atoms with Gasteiger partial charge in [0.05, 0.1) is 6.10 Å². The number of rotatable bonds is 1. The number of hydrogen-bond donors (Lipinski definition) is 2. The first kappa shape index (κ1) is 9.15. The van der Waals surface area contributed by atoms with Crippen molar-refractivity contribution in [2.45, 2.75) is 13.0 Å². The Labute approximate surface area is 81.7 Å². The maximum atomic E-state index is 9.54. The second-order valence-corrected chi connectivity index (χ2v) is 3.23. The summed E-state index contributed by atoms with van der Waals surface area (Å²) in [6, 6.07) is 3.07. The summed E-state index contributed by atoms with van der Waals surface area (Å²) >= 11 is 0. The fraction of sp³-hybridized carbons (Fsp3) is 0.400. The molecule has 0 aromatic heterocycles. The van der Waals surface area contributed by atoms with Gasteiger partial charge < -0.3 is 19.7 Å². The molecule has 4 heteroatoms. The average Bonchev–Trinajstić information content (AvgIpc) is 2.16. The molecule has 2 N–H and O–H groups in total. The fourth-order valence-corrected chi connectivity index (χ4v) is 1.43. The molecule has 0 saturated carbocycles. The van der Waals surface area contributed by atoms with E-state index in [2.05, 4.69) is 0 Å². The third-order valence-electron chi connectivity index (χ3n) is 2.14. The van der Waals surface area contributed by atoms with Crippen molar-refractivity contribution in [1.29, 1.82) is 0 Å². The molecule has 2 rings (SSSR count). The lowest BCUT2D eigenvalue weighted by molar-refractivity contribution is 0.166. The van der Waals surface area contributed by atoms with E-state index < -0.39 is 6.10 Å². The molecule has 1 aliphatic rings. The van der Waals surface area contributed by atoms with Gasteiger partial charge in [-0.05, 0) is 13.0 Å². The molecule has 0 amide bonds. The highest BCUT2D eigenvalue weighted by Gasteiger charge is 2.17. The van der Waals surface area contributed by atoms with Gasteiger partial charge in [0.1, 0.15) is 19.0 Å². The standard InChI is InChI=1S/C10H12O4/c1-6(11)7-4-9-10(5-8(7)12)14-3-2-13-9/h4-6,11-12H,2-3H2,1H3. The Morgan fingerprint density at radius 3 is 2.36 bits per heavy atom. The Kier molecular flexibility index (Phi) is 2.21. The minimum absolute atomic E-state index is 0.0317. The molecule has 0 saturated heterocycles. The molecule has 0 aliphatic carbocycles. The first-order valence-electron chi connectivity index (χ1n) is 4.49. The fourth-order valence-electron chi connectivity index (χ4n) is 1.43. The van der Waals surface area contributed by atoms with Crippen LogP contribution in [0.15, 0.2) is 12.1 Å². The van der Waals surface area contributed by atoms with Crippen molar-refractivity contribution in [3.63, 3.8) is 0 Å². The second kappa shape index (κ2) is 3.38. The molecule has 14 heavy (non-hydrogen) atoms. The highest BCUT2D eigenvalue weighted by molar-refractivity contribution is 5.51. The number of aromatic hydroxyl groups is 1. The predicted octanol–water partition coefficient (Wildman–Crippen LogP) is 1.22. The lowest BCUT2D eigenvalue weighted by Gasteiger charge is -2.20. The van der Waals surface area contributed by atoms with Crippen molar-refractivity contribution in [2.75, 3.05) is 13.2 Å². The van der Waals surface area contributed by atoms with E-state index in [9.17, 15) is 10.2 Å². The Hall–Kier alpha value is -1.42. The van der Waals surface area contributed by atoms with Crippen molar-refractivity contribution in [3.05, 3.63) is 17.7 Å². The molecule has 1 unspecified atom stereocenters. The SMILES string of the molecule is CC(O)c1cc2c(cc1O)OCCO2. The highest BCUT2D eigenvalue weighted by atomic mass is 16.6. The molecule has 0 spiro atoms. The van der Waals surface area contributed by atoms with Crippen LogP contribution >= 0.6 is 0 Å². The van der Waals surface area contributed by atoms with E-state index >= 15 is 0 Å². The Morgan fingerprint density at radius 2 is 1.79 bits per heavy atom. The largest absolute Gasteiger partial charge is 0.507 e. The zero-order valence-electron chi connectivity index (χ0n) is 7.86. The van der Waals surface area contributed by atoms with E-state index in [-0.39, 0.29) is 5.75 Å². The Balaban J connectivity index is 2.45. The highest BCUT2D eigenvalue weighted by Crippen LogP contribution is 2.38. The summed E-state index contributed by atoms with van der Waals surface area (Å²) in [6.07, 6.45) is -0.717. The third-order valence-corrected chi connectivity index (χ3v) is 2.14. The van der Waals surface area contributed by atoms with Gasteiger partial charge >= 0.3 is 0 Å². The van der Waals surface area contributed by atoms with Crippen molar-refractivity contribution >= 4 is 0 Å². The summed E-state index contributed by atoms with van der Waals surface area (Å²) < 4.78 is 10.6. The molecule has 1 aromatic carbocycles. The van der Waals surface area contributed by atoms with Crippen molar-refractivity contribution in [2.24, 2.45) is 0 Å². The molecule has 76 valence electrons. The van der Waals surface area contributed by atoms with Gasteiger partial charge in [-0.3, -0.25) is 0 Å². The van der Waals surface area contributed by atoms with Crippen molar-refractivity contribution in [1.82, 2.24) is 0 Å². The molecular formula is C10H12O4. The van der Waals surface area contributed by atoms with Crippen LogP contribution in [0.5, 0.6) is 17.2 Å². The van der Waals surface area contributed by atoms with Crippen LogP contribution in [0, 0.1) is 0 Å². The molecule has 1 aromatic rings. The number of aliphatic hydroxyl groups is 1. The minimum Gasteiger partial charge on any atom is -0.507 e. The first-order chi connectivity index (χ1) is 6.68. The van der Waals surface area contributed by atoms with Crippen LogP contribution in [0.4, 0.5) is 0 Å². The summed E-state index contributed by atoms with van der Waals surface area (Å²) in [5, 5.41) is 18.9. The number of phenolic OH excluding ortho intramolecular Hbond substituents is 1. The molecule has 1 heterocycles. The number of fused-ring (bicyclic) bond motifs is 1. The quantitative estimate of drug-likeness (QED) is 0.709. The third kappa shape index (κ3) is 1.48. The number of phenols is 1. The van der Waals surface area contributed by atoms with Gasteiger partial charge in [-0.1, -0.05) is 0 Å². The van der Waals surface area contributed by atoms with Crippen LogP contribution in [-0.4, -0.2) is 23.4 Å². The monoisotopic (exact) mass is 196 g/mol. The Bertz CT molecular complexity index is 346. The summed E-state index contributed by atoms with van der Waals surface area (Å²) in [4.78, 5) is 0. The molecule has 4 nitrogen and oxygen atoms in total. The van der Waals surface area contributed by atoms with Crippen LogP contribution in [0.2, 0.25) is 0 Å². The van der Waals surface area contributed by atoms with Crippen molar-refractivity contribution < 1.29 is 19.7 Å². The van der Waals surface area contributed by atoms with Gasteiger partial charge in [0, 0.05) is 11.6 Å². The number of ether oxygens (including phenoxy) is 2.